The van der Waals surface area contributed by atoms with E-state index < -0.39 is 124 Å². The Balaban J connectivity index is 1.36. The third-order valence-corrected chi connectivity index (χ3v) is 7.94. The maximum Gasteiger partial charge on any atom is 0.136 e. The highest BCUT2D eigenvalue weighted by Crippen LogP contribution is 2.44. The van der Waals surface area contributed by atoms with Gasteiger partial charge in [0.2, 0.25) is 0 Å². The fraction of sp³-hybridized carbons (Fsp3) is 0. The molecule has 9 aromatic rings. The largest absolute Gasteiger partial charge is 0.456 e. The van der Waals surface area contributed by atoms with Crippen molar-refractivity contribution >= 4 is 43.5 Å². The zero-order chi connectivity index (χ0) is 42.8. The van der Waals surface area contributed by atoms with Crippen molar-refractivity contribution in [3.8, 4) is 44.5 Å². The van der Waals surface area contributed by atoms with E-state index in [4.69, 9.17) is 15.4 Å². The van der Waals surface area contributed by atoms with E-state index >= 15 is 0 Å². The van der Waals surface area contributed by atoms with Crippen LogP contribution in [0.5, 0.6) is 0 Å². The van der Waals surface area contributed by atoms with Gasteiger partial charge in [0.05, 0.1) is 20.6 Å². The molecule has 0 saturated heterocycles. The molecular weight excluding hydrogens is 544 g/mol. The van der Waals surface area contributed by atoms with Gasteiger partial charge in [0, 0.05) is 10.8 Å². The molecule has 0 saturated carbocycles. The van der Waals surface area contributed by atoms with Crippen molar-refractivity contribution in [3.05, 3.63) is 169 Å². The van der Waals surface area contributed by atoms with Crippen LogP contribution in [0, 0.1) is 0 Å². The van der Waals surface area contributed by atoms with E-state index in [1.807, 2.05) is 78.9 Å². The third kappa shape index (κ3) is 4.17. The van der Waals surface area contributed by atoms with E-state index in [0.717, 1.165) is 21.9 Å². The fourth-order valence-corrected chi connectivity index (χ4v) is 6.01. The lowest BCUT2D eigenvalue weighted by Gasteiger charge is -2.18. The lowest BCUT2D eigenvalue weighted by atomic mass is 9.86. The first-order chi connectivity index (χ1) is 28.6. The van der Waals surface area contributed by atoms with Gasteiger partial charge in [0.15, 0.2) is 0 Å². The molecule has 0 bridgehead atoms. The number of furan rings is 1. The van der Waals surface area contributed by atoms with E-state index in [-0.39, 0.29) is 16.3 Å². The van der Waals surface area contributed by atoms with Crippen LogP contribution >= 0.6 is 0 Å². The van der Waals surface area contributed by atoms with Crippen LogP contribution in [0.1, 0.15) is 20.6 Å². The Hall–Kier alpha value is -5.92. The molecule has 0 aliphatic heterocycles. The van der Waals surface area contributed by atoms with Crippen molar-refractivity contribution in [2.24, 2.45) is 0 Å². The third-order valence-electron chi connectivity index (χ3n) is 7.94. The molecule has 0 atom stereocenters. The molecule has 0 radical (unpaired) electrons. The Bertz CT molecular complexity index is 3260. The summed E-state index contributed by atoms with van der Waals surface area (Å²) in [6.07, 6.45) is 0. The zero-order valence-electron chi connectivity index (χ0n) is 38.4. The lowest BCUT2D eigenvalue weighted by Crippen LogP contribution is -1.90. The predicted octanol–water partition coefficient (Wildman–Crippen LogP) is 12.6. The molecule has 1 heterocycles. The van der Waals surface area contributed by atoms with Gasteiger partial charge in [-0.25, -0.2) is 0 Å². The summed E-state index contributed by atoms with van der Waals surface area (Å²) >= 11 is 0. The molecule has 0 N–H and O–H groups in total. The average molecular weight is 588 g/mol. The molecule has 0 aliphatic rings. The van der Waals surface area contributed by atoms with Gasteiger partial charge in [-0.05, 0) is 84.2 Å². The molecule has 0 aliphatic carbocycles. The highest BCUT2D eigenvalue weighted by atomic mass is 16.3. The second kappa shape index (κ2) is 10.4. The fourth-order valence-electron chi connectivity index (χ4n) is 6.01. The first-order valence-corrected chi connectivity index (χ1v) is 14.2. The first-order valence-electron chi connectivity index (χ1n) is 21.7. The topological polar surface area (TPSA) is 13.1 Å². The second-order valence-corrected chi connectivity index (χ2v) is 10.5. The summed E-state index contributed by atoms with van der Waals surface area (Å²) in [4.78, 5) is 0. The van der Waals surface area contributed by atoms with Crippen molar-refractivity contribution in [1.82, 2.24) is 0 Å². The number of hydrogen-bond donors (Lipinski definition) is 0. The maximum atomic E-state index is 9.43. The summed E-state index contributed by atoms with van der Waals surface area (Å²) in [6.45, 7) is 0. The van der Waals surface area contributed by atoms with Gasteiger partial charge in [0.25, 0.3) is 0 Å². The number of benzene rings is 8. The summed E-state index contributed by atoms with van der Waals surface area (Å²) in [5.41, 5.74) is -0.432. The number of rotatable bonds is 4. The smallest absolute Gasteiger partial charge is 0.136 e. The van der Waals surface area contributed by atoms with Crippen LogP contribution < -0.4 is 0 Å². The van der Waals surface area contributed by atoms with Crippen LogP contribution in [0.25, 0.3) is 88.0 Å². The monoisotopic (exact) mass is 587 g/mol. The molecule has 0 amide bonds. The van der Waals surface area contributed by atoms with Crippen LogP contribution in [0.15, 0.2) is 174 Å². The molecule has 45 heavy (non-hydrogen) atoms. The molecule has 0 spiro atoms. The van der Waals surface area contributed by atoms with Crippen LogP contribution in [0.2, 0.25) is 0 Å². The summed E-state index contributed by atoms with van der Waals surface area (Å²) in [5.74, 6) is 0. The highest BCUT2D eigenvalue weighted by Gasteiger charge is 2.17. The Kier molecular flexibility index (Phi) is 3.39. The van der Waals surface area contributed by atoms with Crippen LogP contribution in [0.4, 0.5) is 0 Å². The van der Waals surface area contributed by atoms with E-state index in [9.17, 15) is 9.60 Å². The Labute approximate surface area is 282 Å². The predicted molar refractivity (Wildman–Crippen MR) is 190 cm³/mol. The second-order valence-electron chi connectivity index (χ2n) is 10.5. The standard InChI is InChI=1S/C44H28O/c1-3-12-30(13-4-1)34-20-11-21-40-44(34)39-27-26-33(28-41(39)45-40)29-22-24-32(25-23-29)43-37-18-9-7-16-35(37)42(31-14-5-2-6-15-31)36-17-8-10-19-38(36)43/h1-28H/i1D,3D,4D,11D,12D,13D,20D,21D,22D,23D,24D,25D,26D,27D,28D. The lowest BCUT2D eigenvalue weighted by molar-refractivity contribution is 0.669. The van der Waals surface area contributed by atoms with Crippen molar-refractivity contribution in [2.75, 3.05) is 0 Å². The summed E-state index contributed by atoms with van der Waals surface area (Å²) in [5, 5.41) is 2.37. The maximum absolute atomic E-state index is 9.43. The van der Waals surface area contributed by atoms with Gasteiger partial charge in [-0.15, -0.1) is 0 Å². The molecular formula is C44H28O. The van der Waals surface area contributed by atoms with Gasteiger partial charge in [-0.2, -0.15) is 0 Å². The van der Waals surface area contributed by atoms with Crippen molar-refractivity contribution in [3.63, 3.8) is 0 Å². The van der Waals surface area contributed by atoms with Crippen molar-refractivity contribution in [1.29, 1.82) is 0 Å². The minimum absolute atomic E-state index is 0.0113. The Morgan fingerprint density at radius 1 is 0.378 bits per heavy atom. The SMILES string of the molecule is [2H]c1c([2H])c([2H])c(-c2c([2H])c([2H])c([2H])c3oc4c([2H])c(-c5c([2H])c([2H])c(-c6c7ccccc7c(-c7ccccc7)c7ccccc67)c([2H])c5[2H])c([2H])c([2H])c4c23)c([2H])c1[2H]. The average Bonchev–Trinajstić information content (AvgIpc) is 3.66. The van der Waals surface area contributed by atoms with E-state index in [1.165, 1.54) is 0 Å². The van der Waals surface area contributed by atoms with E-state index in [0.29, 0.717) is 16.3 Å². The van der Waals surface area contributed by atoms with Crippen LogP contribution in [0.3, 0.4) is 0 Å². The molecule has 210 valence electrons. The molecule has 0 fully saturated rings. The van der Waals surface area contributed by atoms with Gasteiger partial charge in [-0.3, -0.25) is 0 Å². The minimum atomic E-state index is -0.733. The molecule has 8 aromatic carbocycles. The highest BCUT2D eigenvalue weighted by molar-refractivity contribution is 6.21. The van der Waals surface area contributed by atoms with Gasteiger partial charge < -0.3 is 4.42 Å². The van der Waals surface area contributed by atoms with Gasteiger partial charge in [-0.1, -0.05) is 151 Å². The zero-order valence-corrected chi connectivity index (χ0v) is 23.4. The van der Waals surface area contributed by atoms with Crippen molar-refractivity contribution in [2.45, 2.75) is 0 Å². The van der Waals surface area contributed by atoms with Gasteiger partial charge >= 0.3 is 0 Å². The van der Waals surface area contributed by atoms with E-state index in [1.54, 1.807) is 0 Å². The molecule has 1 heteroatoms. The number of fused-ring (bicyclic) bond motifs is 5. The van der Waals surface area contributed by atoms with Gasteiger partial charge in [0.1, 0.15) is 11.2 Å². The quantitative estimate of drug-likeness (QED) is 0.187. The molecule has 9 rings (SSSR count). The molecule has 1 nitrogen and oxygen atoms in total. The van der Waals surface area contributed by atoms with Crippen LogP contribution in [-0.4, -0.2) is 0 Å². The normalized spacial score (nSPS) is 16.2. The molecule has 1 aromatic heterocycles. The Morgan fingerprint density at radius 2 is 0.956 bits per heavy atom. The Morgan fingerprint density at radius 3 is 1.62 bits per heavy atom. The van der Waals surface area contributed by atoms with Crippen molar-refractivity contribution < 1.29 is 25.0 Å². The molecule has 0 unspecified atom stereocenters. The summed E-state index contributed by atoms with van der Waals surface area (Å²) in [6, 6.07) is 15.0. The van der Waals surface area contributed by atoms with E-state index in [2.05, 4.69) is 0 Å². The van der Waals surface area contributed by atoms with Crippen LogP contribution in [-0.2, 0) is 0 Å². The first kappa shape index (κ1) is 14.7. The summed E-state index contributed by atoms with van der Waals surface area (Å²) < 4.78 is 139. The summed E-state index contributed by atoms with van der Waals surface area (Å²) in [7, 11) is 0. The number of hydrogen-bond acceptors (Lipinski definition) is 1. The minimum Gasteiger partial charge on any atom is -0.456 e.